The Hall–Kier alpha value is -0.530. The van der Waals surface area contributed by atoms with Crippen LogP contribution in [0, 0.1) is 11.3 Å². The molecule has 0 saturated heterocycles. The lowest BCUT2D eigenvalue weighted by molar-refractivity contribution is -0.147. The van der Waals surface area contributed by atoms with Gasteiger partial charge in [0.05, 0.1) is 5.92 Å². The van der Waals surface area contributed by atoms with E-state index in [0.717, 1.165) is 19.3 Å². The first-order chi connectivity index (χ1) is 6.10. The molecule has 0 aliphatic heterocycles. The van der Waals surface area contributed by atoms with Gasteiger partial charge >= 0.3 is 5.97 Å². The van der Waals surface area contributed by atoms with E-state index in [4.69, 9.17) is 5.11 Å². The van der Waals surface area contributed by atoms with Crippen molar-refractivity contribution < 1.29 is 9.90 Å². The fraction of sp³-hybridized carbons (Fsp3) is 0.909. The molecule has 13 heavy (non-hydrogen) atoms. The highest BCUT2D eigenvalue weighted by Gasteiger charge is 2.38. The van der Waals surface area contributed by atoms with E-state index in [2.05, 4.69) is 6.92 Å². The molecule has 2 heteroatoms. The van der Waals surface area contributed by atoms with Crippen molar-refractivity contribution >= 4 is 5.97 Å². The van der Waals surface area contributed by atoms with Gasteiger partial charge in [-0.25, -0.2) is 0 Å². The van der Waals surface area contributed by atoms with Gasteiger partial charge in [0.1, 0.15) is 0 Å². The maximum atomic E-state index is 11.0. The number of aliphatic carboxylic acids is 1. The van der Waals surface area contributed by atoms with Crippen LogP contribution in [0.2, 0.25) is 0 Å². The number of carboxylic acid groups (broad SMARTS) is 1. The Balaban J connectivity index is 2.68. The molecule has 76 valence electrons. The van der Waals surface area contributed by atoms with Gasteiger partial charge in [0.25, 0.3) is 0 Å². The van der Waals surface area contributed by atoms with Crippen LogP contribution >= 0.6 is 0 Å². The van der Waals surface area contributed by atoms with Crippen molar-refractivity contribution in [2.75, 3.05) is 0 Å². The van der Waals surface area contributed by atoms with Gasteiger partial charge in [-0.3, -0.25) is 4.79 Å². The van der Waals surface area contributed by atoms with E-state index < -0.39 is 5.97 Å². The Kier molecular flexibility index (Phi) is 3.34. The van der Waals surface area contributed by atoms with Crippen molar-refractivity contribution in [3.8, 4) is 0 Å². The molecule has 1 aliphatic rings. The molecular formula is C11H20O2. The number of rotatable bonds is 3. The van der Waals surface area contributed by atoms with E-state index in [1.54, 1.807) is 0 Å². The molecule has 0 amide bonds. The molecule has 1 rings (SSSR count). The lowest BCUT2D eigenvalue weighted by Gasteiger charge is -2.38. The highest BCUT2D eigenvalue weighted by Crippen LogP contribution is 2.43. The van der Waals surface area contributed by atoms with Crippen molar-refractivity contribution in [3.05, 3.63) is 0 Å². The highest BCUT2D eigenvalue weighted by atomic mass is 16.4. The van der Waals surface area contributed by atoms with E-state index in [1.807, 2.05) is 6.92 Å². The molecule has 0 aromatic carbocycles. The first kappa shape index (κ1) is 10.6. The number of hydrogen-bond acceptors (Lipinski definition) is 1. The zero-order valence-electron chi connectivity index (χ0n) is 8.68. The molecule has 1 aliphatic carbocycles. The minimum atomic E-state index is -0.605. The molecule has 1 fully saturated rings. The van der Waals surface area contributed by atoms with Crippen LogP contribution < -0.4 is 0 Å². The third kappa shape index (κ3) is 2.23. The molecule has 1 unspecified atom stereocenters. The summed E-state index contributed by atoms with van der Waals surface area (Å²) in [5.41, 5.74) is 0.0683. The van der Waals surface area contributed by atoms with Gasteiger partial charge in [-0.2, -0.15) is 0 Å². The third-order valence-corrected chi connectivity index (χ3v) is 3.54. The maximum absolute atomic E-state index is 11.0. The molecule has 0 aromatic heterocycles. The van der Waals surface area contributed by atoms with E-state index in [1.165, 1.54) is 19.3 Å². The van der Waals surface area contributed by atoms with E-state index in [9.17, 15) is 4.79 Å². The average Bonchev–Trinajstić information content (AvgIpc) is 2.05. The predicted octanol–water partition coefficient (Wildman–Crippen LogP) is 3.07. The van der Waals surface area contributed by atoms with Crippen LogP contribution in [0.3, 0.4) is 0 Å². The van der Waals surface area contributed by atoms with E-state index >= 15 is 0 Å². The Bertz CT molecular complexity index is 181. The summed E-state index contributed by atoms with van der Waals surface area (Å²) >= 11 is 0. The number of carbonyl (C=O) groups is 1. The van der Waals surface area contributed by atoms with Crippen molar-refractivity contribution in [2.24, 2.45) is 11.3 Å². The molecular weight excluding hydrogens is 164 g/mol. The third-order valence-electron chi connectivity index (χ3n) is 3.54. The molecule has 1 N–H and O–H groups in total. The first-order valence-corrected chi connectivity index (χ1v) is 5.33. The van der Waals surface area contributed by atoms with Crippen molar-refractivity contribution in [1.29, 1.82) is 0 Å². The van der Waals surface area contributed by atoms with Crippen LogP contribution in [0.4, 0.5) is 0 Å². The van der Waals surface area contributed by atoms with E-state index in [-0.39, 0.29) is 11.3 Å². The van der Waals surface area contributed by atoms with Gasteiger partial charge in [0, 0.05) is 0 Å². The Labute approximate surface area is 80.3 Å². The second-order valence-corrected chi connectivity index (χ2v) is 4.51. The minimum Gasteiger partial charge on any atom is -0.481 e. The normalized spacial score (nSPS) is 23.8. The topological polar surface area (TPSA) is 37.3 Å². The maximum Gasteiger partial charge on any atom is 0.307 e. The van der Waals surface area contributed by atoms with Crippen LogP contribution in [0.5, 0.6) is 0 Å². The summed E-state index contributed by atoms with van der Waals surface area (Å²) in [4.78, 5) is 11.0. The summed E-state index contributed by atoms with van der Waals surface area (Å²) in [5.74, 6) is -0.736. The molecule has 0 spiro atoms. The summed E-state index contributed by atoms with van der Waals surface area (Å²) in [7, 11) is 0. The lowest BCUT2D eigenvalue weighted by Crippen LogP contribution is -2.34. The zero-order valence-corrected chi connectivity index (χ0v) is 8.68. The van der Waals surface area contributed by atoms with Crippen LogP contribution in [0.25, 0.3) is 0 Å². The van der Waals surface area contributed by atoms with Gasteiger partial charge in [-0.05, 0) is 24.7 Å². The molecule has 1 saturated carbocycles. The quantitative estimate of drug-likeness (QED) is 0.732. The van der Waals surface area contributed by atoms with Gasteiger partial charge in [-0.15, -0.1) is 0 Å². The number of carboxylic acids is 1. The molecule has 0 aromatic rings. The van der Waals surface area contributed by atoms with Gasteiger partial charge in [-0.1, -0.05) is 33.1 Å². The SMILES string of the molecule is CCC(C(=O)O)C1(C)CCCCC1. The van der Waals surface area contributed by atoms with Crippen LogP contribution in [-0.4, -0.2) is 11.1 Å². The van der Waals surface area contributed by atoms with Crippen LogP contribution in [-0.2, 0) is 4.79 Å². The van der Waals surface area contributed by atoms with Crippen molar-refractivity contribution in [2.45, 2.75) is 52.4 Å². The molecule has 2 nitrogen and oxygen atoms in total. The molecule has 0 bridgehead atoms. The molecule has 0 radical (unpaired) electrons. The smallest absolute Gasteiger partial charge is 0.307 e. The summed E-state index contributed by atoms with van der Waals surface area (Å²) < 4.78 is 0. The average molecular weight is 184 g/mol. The standard InChI is InChI=1S/C11H20O2/c1-3-9(10(12)13)11(2)7-5-4-6-8-11/h9H,3-8H2,1-2H3,(H,12,13). The Morgan fingerprint density at radius 3 is 2.31 bits per heavy atom. The predicted molar refractivity (Wildman–Crippen MR) is 52.6 cm³/mol. The van der Waals surface area contributed by atoms with Crippen molar-refractivity contribution in [3.63, 3.8) is 0 Å². The molecule has 1 atom stereocenters. The lowest BCUT2D eigenvalue weighted by atomic mass is 9.66. The zero-order chi connectivity index (χ0) is 9.90. The van der Waals surface area contributed by atoms with Crippen LogP contribution in [0.15, 0.2) is 0 Å². The highest BCUT2D eigenvalue weighted by molar-refractivity contribution is 5.70. The summed E-state index contributed by atoms with van der Waals surface area (Å²) in [6.07, 6.45) is 6.66. The Morgan fingerprint density at radius 2 is 1.92 bits per heavy atom. The summed E-state index contributed by atoms with van der Waals surface area (Å²) in [5, 5.41) is 9.09. The van der Waals surface area contributed by atoms with E-state index in [0.29, 0.717) is 0 Å². The number of hydrogen-bond donors (Lipinski definition) is 1. The monoisotopic (exact) mass is 184 g/mol. The second-order valence-electron chi connectivity index (χ2n) is 4.51. The molecule has 0 heterocycles. The summed E-state index contributed by atoms with van der Waals surface area (Å²) in [6, 6.07) is 0. The largest absolute Gasteiger partial charge is 0.481 e. The fourth-order valence-corrected chi connectivity index (χ4v) is 2.67. The van der Waals surface area contributed by atoms with Gasteiger partial charge < -0.3 is 5.11 Å². The van der Waals surface area contributed by atoms with Gasteiger partial charge in [0.15, 0.2) is 0 Å². The fourth-order valence-electron chi connectivity index (χ4n) is 2.67. The minimum absolute atomic E-state index is 0.0683. The summed E-state index contributed by atoms with van der Waals surface area (Å²) in [6.45, 7) is 4.13. The van der Waals surface area contributed by atoms with Gasteiger partial charge in [0.2, 0.25) is 0 Å². The van der Waals surface area contributed by atoms with Crippen LogP contribution in [0.1, 0.15) is 52.4 Å². The Morgan fingerprint density at radius 1 is 1.38 bits per heavy atom. The second kappa shape index (κ2) is 4.12. The van der Waals surface area contributed by atoms with Crippen molar-refractivity contribution in [1.82, 2.24) is 0 Å². The first-order valence-electron chi connectivity index (χ1n) is 5.33.